The van der Waals surface area contributed by atoms with Crippen LogP contribution in [0, 0.1) is 5.92 Å². The van der Waals surface area contributed by atoms with E-state index in [-0.39, 0.29) is 17.7 Å². The van der Waals surface area contributed by atoms with Crippen LogP contribution in [0.15, 0.2) is 24.3 Å². The van der Waals surface area contributed by atoms with Gasteiger partial charge >= 0.3 is 0 Å². The fourth-order valence-corrected chi connectivity index (χ4v) is 3.88. The number of anilines is 1. The van der Waals surface area contributed by atoms with Crippen molar-refractivity contribution >= 4 is 17.5 Å². The third-order valence-corrected chi connectivity index (χ3v) is 5.24. The first-order chi connectivity index (χ1) is 12.7. The summed E-state index contributed by atoms with van der Waals surface area (Å²) in [6.07, 6.45) is 5.36. The van der Waals surface area contributed by atoms with E-state index >= 15 is 0 Å². The average Bonchev–Trinajstić information content (AvgIpc) is 2.68. The number of piperidine rings is 2. The normalized spacial score (nSPS) is 21.3. The second kappa shape index (κ2) is 9.03. The molecule has 0 bridgehead atoms. The van der Waals surface area contributed by atoms with Crippen LogP contribution >= 0.6 is 0 Å². The van der Waals surface area contributed by atoms with E-state index in [0.29, 0.717) is 18.8 Å². The molecule has 2 saturated heterocycles. The molecule has 1 aromatic carbocycles. The first-order valence-corrected chi connectivity index (χ1v) is 9.61. The fraction of sp³-hybridized carbons (Fsp3) is 0.600. The molecule has 0 aliphatic carbocycles. The molecule has 2 amide bonds. The summed E-state index contributed by atoms with van der Waals surface area (Å²) in [5, 5.41) is 2.92. The molecular formula is C20H29N3O3. The lowest BCUT2D eigenvalue weighted by molar-refractivity contribution is -0.138. The average molecular weight is 359 g/mol. The van der Waals surface area contributed by atoms with Crippen LogP contribution in [0.4, 0.5) is 5.69 Å². The summed E-state index contributed by atoms with van der Waals surface area (Å²) in [5.41, 5.74) is 0.729. The van der Waals surface area contributed by atoms with E-state index in [0.717, 1.165) is 51.0 Å². The minimum absolute atomic E-state index is 0.0338. The summed E-state index contributed by atoms with van der Waals surface area (Å²) >= 11 is 0. The van der Waals surface area contributed by atoms with Crippen LogP contribution in [0.2, 0.25) is 0 Å². The predicted molar refractivity (Wildman–Crippen MR) is 101 cm³/mol. The minimum Gasteiger partial charge on any atom is -0.497 e. The number of carbonyl (C=O) groups excluding carboxylic acids is 2. The summed E-state index contributed by atoms with van der Waals surface area (Å²) in [4.78, 5) is 29.2. The molecule has 2 heterocycles. The molecule has 0 saturated carbocycles. The van der Waals surface area contributed by atoms with Gasteiger partial charge in [0.25, 0.3) is 0 Å². The van der Waals surface area contributed by atoms with Gasteiger partial charge in [-0.25, -0.2) is 0 Å². The van der Waals surface area contributed by atoms with Gasteiger partial charge in [0.15, 0.2) is 0 Å². The molecule has 2 fully saturated rings. The predicted octanol–water partition coefficient (Wildman–Crippen LogP) is 2.36. The van der Waals surface area contributed by atoms with Crippen LogP contribution < -0.4 is 10.1 Å². The summed E-state index contributed by atoms with van der Waals surface area (Å²) in [7, 11) is 1.61. The van der Waals surface area contributed by atoms with Gasteiger partial charge < -0.3 is 15.0 Å². The minimum atomic E-state index is -0.0516. The number of carbonyl (C=O) groups is 2. The Morgan fingerprint density at radius 2 is 1.96 bits per heavy atom. The van der Waals surface area contributed by atoms with Crippen molar-refractivity contribution in [3.05, 3.63) is 24.3 Å². The summed E-state index contributed by atoms with van der Waals surface area (Å²) < 4.78 is 5.18. The van der Waals surface area contributed by atoms with Crippen molar-refractivity contribution in [1.82, 2.24) is 9.80 Å². The Morgan fingerprint density at radius 1 is 1.15 bits per heavy atom. The van der Waals surface area contributed by atoms with E-state index in [4.69, 9.17) is 4.74 Å². The van der Waals surface area contributed by atoms with E-state index in [1.165, 1.54) is 6.42 Å². The van der Waals surface area contributed by atoms with Crippen LogP contribution in [0.3, 0.4) is 0 Å². The number of nitrogens with one attached hydrogen (secondary N) is 1. The molecule has 26 heavy (non-hydrogen) atoms. The number of methoxy groups -OCH3 is 1. The lowest BCUT2D eigenvalue weighted by atomic mass is 9.95. The number of benzene rings is 1. The molecule has 3 rings (SSSR count). The standard InChI is InChI=1S/C20H29N3O3/c1-26-18-9-5-8-17(13-18)21-19(24)15-22-10-6-7-16(14-22)20(25)23-11-3-2-4-12-23/h5,8-9,13,16H,2-4,6-7,10-12,14-15H2,1H3,(H,21,24). The van der Waals surface area contributed by atoms with Gasteiger partial charge in [-0.15, -0.1) is 0 Å². The summed E-state index contributed by atoms with van der Waals surface area (Å²) in [6, 6.07) is 7.34. The Hall–Kier alpha value is -2.08. The number of likely N-dealkylation sites (tertiary alicyclic amines) is 2. The third kappa shape index (κ3) is 4.97. The molecule has 6 nitrogen and oxygen atoms in total. The van der Waals surface area contributed by atoms with Gasteiger partial charge in [-0.1, -0.05) is 6.07 Å². The van der Waals surface area contributed by atoms with Gasteiger partial charge in [-0.3, -0.25) is 14.5 Å². The van der Waals surface area contributed by atoms with Crippen LogP contribution in [-0.2, 0) is 9.59 Å². The van der Waals surface area contributed by atoms with Gasteiger partial charge in [0, 0.05) is 31.4 Å². The molecule has 1 aromatic rings. The highest BCUT2D eigenvalue weighted by Gasteiger charge is 2.30. The molecule has 2 aliphatic heterocycles. The molecule has 0 spiro atoms. The van der Waals surface area contributed by atoms with Crippen molar-refractivity contribution in [3.63, 3.8) is 0 Å². The van der Waals surface area contributed by atoms with Crippen molar-refractivity contribution in [2.24, 2.45) is 5.92 Å². The first-order valence-electron chi connectivity index (χ1n) is 9.61. The lowest BCUT2D eigenvalue weighted by Gasteiger charge is -2.36. The number of hydrogen-bond donors (Lipinski definition) is 1. The molecule has 2 aliphatic rings. The number of nitrogens with zero attached hydrogens (tertiary/aromatic N) is 2. The first kappa shape index (κ1) is 18.7. The zero-order valence-electron chi connectivity index (χ0n) is 15.6. The van der Waals surface area contributed by atoms with E-state index < -0.39 is 0 Å². The highest BCUT2D eigenvalue weighted by molar-refractivity contribution is 5.92. The smallest absolute Gasteiger partial charge is 0.238 e. The SMILES string of the molecule is COc1cccc(NC(=O)CN2CCCC(C(=O)N3CCCCC3)C2)c1. The topological polar surface area (TPSA) is 61.9 Å². The maximum absolute atomic E-state index is 12.7. The molecular weight excluding hydrogens is 330 g/mol. The maximum atomic E-state index is 12.7. The van der Waals surface area contributed by atoms with Gasteiger partial charge in [0.2, 0.25) is 11.8 Å². The van der Waals surface area contributed by atoms with E-state index in [1.54, 1.807) is 13.2 Å². The monoisotopic (exact) mass is 359 g/mol. The van der Waals surface area contributed by atoms with Gasteiger partial charge in [-0.2, -0.15) is 0 Å². The van der Waals surface area contributed by atoms with Crippen molar-refractivity contribution in [3.8, 4) is 5.75 Å². The number of ether oxygens (including phenoxy) is 1. The number of hydrogen-bond acceptors (Lipinski definition) is 4. The van der Waals surface area contributed by atoms with E-state index in [2.05, 4.69) is 10.2 Å². The largest absolute Gasteiger partial charge is 0.497 e. The Balaban J connectivity index is 1.50. The van der Waals surface area contributed by atoms with E-state index in [1.807, 2.05) is 23.1 Å². The lowest BCUT2D eigenvalue weighted by Crippen LogP contribution is -2.47. The summed E-state index contributed by atoms with van der Waals surface area (Å²) in [6.45, 7) is 3.66. The Labute approximate surface area is 155 Å². The highest BCUT2D eigenvalue weighted by atomic mass is 16.5. The molecule has 1 N–H and O–H groups in total. The number of amides is 2. The van der Waals surface area contributed by atoms with Crippen molar-refractivity contribution < 1.29 is 14.3 Å². The highest BCUT2D eigenvalue weighted by Crippen LogP contribution is 2.21. The second-order valence-corrected chi connectivity index (χ2v) is 7.24. The van der Waals surface area contributed by atoms with Crippen LogP contribution in [0.5, 0.6) is 5.75 Å². The fourth-order valence-electron chi connectivity index (χ4n) is 3.88. The summed E-state index contributed by atoms with van der Waals surface area (Å²) in [5.74, 6) is 0.978. The third-order valence-electron chi connectivity index (χ3n) is 5.24. The van der Waals surface area contributed by atoms with Crippen molar-refractivity contribution in [2.45, 2.75) is 32.1 Å². The van der Waals surface area contributed by atoms with Crippen molar-refractivity contribution in [1.29, 1.82) is 0 Å². The van der Waals surface area contributed by atoms with Gasteiger partial charge in [0.05, 0.1) is 19.6 Å². The molecule has 6 heteroatoms. The van der Waals surface area contributed by atoms with Gasteiger partial charge in [-0.05, 0) is 50.8 Å². The van der Waals surface area contributed by atoms with Crippen LogP contribution in [0.25, 0.3) is 0 Å². The van der Waals surface area contributed by atoms with Crippen LogP contribution in [-0.4, -0.2) is 61.4 Å². The maximum Gasteiger partial charge on any atom is 0.238 e. The van der Waals surface area contributed by atoms with Crippen LogP contribution in [0.1, 0.15) is 32.1 Å². The zero-order chi connectivity index (χ0) is 18.4. The Kier molecular flexibility index (Phi) is 6.50. The Bertz CT molecular complexity index is 628. The molecule has 1 atom stereocenters. The molecule has 1 unspecified atom stereocenters. The molecule has 0 aromatic heterocycles. The quantitative estimate of drug-likeness (QED) is 0.877. The van der Waals surface area contributed by atoms with Gasteiger partial charge in [0.1, 0.15) is 5.75 Å². The molecule has 142 valence electrons. The second-order valence-electron chi connectivity index (χ2n) is 7.24. The zero-order valence-corrected chi connectivity index (χ0v) is 15.6. The Morgan fingerprint density at radius 3 is 2.73 bits per heavy atom. The molecule has 0 radical (unpaired) electrons. The van der Waals surface area contributed by atoms with Crippen molar-refractivity contribution in [2.75, 3.05) is 45.2 Å². The number of rotatable bonds is 5. The van der Waals surface area contributed by atoms with E-state index in [9.17, 15) is 9.59 Å².